The van der Waals surface area contributed by atoms with Gasteiger partial charge < -0.3 is 5.32 Å². The van der Waals surface area contributed by atoms with Crippen LogP contribution in [0, 0.1) is 11.3 Å². The largest absolute Gasteiger partial charge is 0.384 e. The lowest BCUT2D eigenvalue weighted by atomic mass is 10.2. The molecule has 0 radical (unpaired) electrons. The van der Waals surface area contributed by atoms with E-state index in [0.29, 0.717) is 0 Å². The van der Waals surface area contributed by atoms with Crippen molar-refractivity contribution in [2.45, 2.75) is 18.1 Å². The molecule has 1 atom stereocenters. The van der Waals surface area contributed by atoms with E-state index in [-0.39, 0.29) is 0 Å². The molecule has 0 spiro atoms. The lowest BCUT2D eigenvalue weighted by Gasteiger charge is -2.10. The third-order valence-corrected chi connectivity index (χ3v) is 3.97. The SMILES string of the molecule is N#Cc1ccc(NCC2CCCS2)cc1. The lowest BCUT2D eigenvalue weighted by molar-refractivity contribution is 0.805. The van der Waals surface area contributed by atoms with Crippen LogP contribution in [0.25, 0.3) is 0 Å². The Morgan fingerprint density at radius 3 is 2.80 bits per heavy atom. The van der Waals surface area contributed by atoms with E-state index in [1.54, 1.807) is 0 Å². The molecule has 1 unspecified atom stereocenters. The summed E-state index contributed by atoms with van der Waals surface area (Å²) in [5, 5.41) is 12.8. The number of thioether (sulfide) groups is 1. The maximum atomic E-state index is 8.66. The number of benzene rings is 1. The molecule has 1 aromatic rings. The molecular weight excluding hydrogens is 204 g/mol. The molecule has 1 fully saturated rings. The summed E-state index contributed by atoms with van der Waals surface area (Å²) in [6.45, 7) is 1.04. The van der Waals surface area contributed by atoms with E-state index in [2.05, 4.69) is 23.1 Å². The van der Waals surface area contributed by atoms with Crippen molar-refractivity contribution in [1.82, 2.24) is 0 Å². The van der Waals surface area contributed by atoms with Crippen LogP contribution in [0.2, 0.25) is 0 Å². The fraction of sp³-hybridized carbons (Fsp3) is 0.417. The quantitative estimate of drug-likeness (QED) is 0.847. The number of nitrogens with one attached hydrogen (secondary N) is 1. The van der Waals surface area contributed by atoms with Gasteiger partial charge in [-0.1, -0.05) is 0 Å². The fourth-order valence-corrected chi connectivity index (χ4v) is 2.90. The maximum absolute atomic E-state index is 8.66. The average Bonchev–Trinajstić information content (AvgIpc) is 2.80. The number of anilines is 1. The highest BCUT2D eigenvalue weighted by Gasteiger charge is 2.14. The van der Waals surface area contributed by atoms with Crippen LogP contribution in [0.1, 0.15) is 18.4 Å². The second-order valence-corrected chi connectivity index (χ2v) is 5.11. The molecule has 1 aromatic carbocycles. The van der Waals surface area contributed by atoms with E-state index >= 15 is 0 Å². The predicted molar refractivity (Wildman–Crippen MR) is 65.1 cm³/mol. The molecule has 2 rings (SSSR count). The first-order chi connectivity index (χ1) is 7.38. The van der Waals surface area contributed by atoms with Crippen molar-refractivity contribution in [3.8, 4) is 6.07 Å². The van der Waals surface area contributed by atoms with Gasteiger partial charge in [0.2, 0.25) is 0 Å². The molecule has 2 nitrogen and oxygen atoms in total. The minimum absolute atomic E-state index is 0.718. The van der Waals surface area contributed by atoms with Crippen LogP contribution in [-0.4, -0.2) is 17.5 Å². The fourth-order valence-electron chi connectivity index (χ4n) is 1.70. The van der Waals surface area contributed by atoms with Gasteiger partial charge in [0.25, 0.3) is 0 Å². The summed E-state index contributed by atoms with van der Waals surface area (Å²) in [6.07, 6.45) is 2.68. The summed E-state index contributed by atoms with van der Waals surface area (Å²) in [6, 6.07) is 9.76. The van der Waals surface area contributed by atoms with Crippen molar-refractivity contribution >= 4 is 17.4 Å². The number of hydrogen-bond acceptors (Lipinski definition) is 3. The van der Waals surface area contributed by atoms with Gasteiger partial charge in [-0.3, -0.25) is 0 Å². The van der Waals surface area contributed by atoms with E-state index in [4.69, 9.17) is 5.26 Å². The van der Waals surface area contributed by atoms with Crippen molar-refractivity contribution in [3.05, 3.63) is 29.8 Å². The smallest absolute Gasteiger partial charge is 0.0991 e. The van der Waals surface area contributed by atoms with Gasteiger partial charge in [-0.05, 0) is 42.9 Å². The Morgan fingerprint density at radius 1 is 1.40 bits per heavy atom. The average molecular weight is 218 g/mol. The van der Waals surface area contributed by atoms with E-state index in [0.717, 1.165) is 23.0 Å². The number of rotatable bonds is 3. The second kappa shape index (κ2) is 5.09. The van der Waals surface area contributed by atoms with E-state index in [9.17, 15) is 0 Å². The first kappa shape index (κ1) is 10.4. The lowest BCUT2D eigenvalue weighted by Crippen LogP contribution is -2.13. The number of nitrogens with zero attached hydrogens (tertiary/aromatic N) is 1. The highest BCUT2D eigenvalue weighted by Crippen LogP contribution is 2.26. The number of nitriles is 1. The van der Waals surface area contributed by atoms with Crippen molar-refractivity contribution in [3.63, 3.8) is 0 Å². The number of hydrogen-bond donors (Lipinski definition) is 1. The Labute approximate surface area is 94.7 Å². The van der Waals surface area contributed by atoms with Crippen LogP contribution < -0.4 is 5.32 Å². The topological polar surface area (TPSA) is 35.8 Å². The molecule has 3 heteroatoms. The van der Waals surface area contributed by atoms with Gasteiger partial charge in [-0.2, -0.15) is 17.0 Å². The Kier molecular flexibility index (Phi) is 3.52. The van der Waals surface area contributed by atoms with Crippen LogP contribution in [-0.2, 0) is 0 Å². The maximum Gasteiger partial charge on any atom is 0.0991 e. The molecule has 1 N–H and O–H groups in total. The van der Waals surface area contributed by atoms with E-state index in [1.165, 1.54) is 18.6 Å². The van der Waals surface area contributed by atoms with Crippen molar-refractivity contribution in [2.24, 2.45) is 0 Å². The van der Waals surface area contributed by atoms with Crippen molar-refractivity contribution < 1.29 is 0 Å². The molecule has 1 aliphatic heterocycles. The third kappa shape index (κ3) is 2.90. The zero-order valence-electron chi connectivity index (χ0n) is 8.57. The highest BCUT2D eigenvalue weighted by atomic mass is 32.2. The summed E-state index contributed by atoms with van der Waals surface area (Å²) in [5.41, 5.74) is 1.83. The summed E-state index contributed by atoms with van der Waals surface area (Å²) < 4.78 is 0. The highest BCUT2D eigenvalue weighted by molar-refractivity contribution is 8.00. The second-order valence-electron chi connectivity index (χ2n) is 3.71. The molecule has 1 heterocycles. The molecule has 0 aromatic heterocycles. The van der Waals surface area contributed by atoms with Gasteiger partial charge >= 0.3 is 0 Å². The zero-order chi connectivity index (χ0) is 10.5. The summed E-state index contributed by atoms with van der Waals surface area (Å²) in [5.74, 6) is 1.31. The summed E-state index contributed by atoms with van der Waals surface area (Å²) >= 11 is 2.05. The first-order valence-electron chi connectivity index (χ1n) is 5.24. The standard InChI is InChI=1S/C12H14N2S/c13-8-10-3-5-11(6-4-10)14-9-12-2-1-7-15-12/h3-6,12,14H,1-2,7,9H2. The van der Waals surface area contributed by atoms with Gasteiger partial charge in [0, 0.05) is 17.5 Å². The molecule has 15 heavy (non-hydrogen) atoms. The van der Waals surface area contributed by atoms with E-state index < -0.39 is 0 Å². The molecule has 0 amide bonds. The van der Waals surface area contributed by atoms with Gasteiger partial charge in [0.05, 0.1) is 11.6 Å². The Morgan fingerprint density at radius 2 is 2.20 bits per heavy atom. The molecule has 78 valence electrons. The third-order valence-electron chi connectivity index (χ3n) is 2.57. The molecular formula is C12H14N2S. The normalized spacial score (nSPS) is 19.8. The summed E-state index contributed by atoms with van der Waals surface area (Å²) in [7, 11) is 0. The van der Waals surface area contributed by atoms with Crippen LogP contribution >= 0.6 is 11.8 Å². The van der Waals surface area contributed by atoms with Gasteiger partial charge in [0.1, 0.15) is 0 Å². The Bertz CT molecular complexity index is 347. The van der Waals surface area contributed by atoms with Gasteiger partial charge in [0.15, 0.2) is 0 Å². The molecule has 0 aliphatic carbocycles. The molecule has 1 saturated heterocycles. The van der Waals surface area contributed by atoms with Crippen LogP contribution in [0.3, 0.4) is 0 Å². The van der Waals surface area contributed by atoms with E-state index in [1.807, 2.05) is 24.3 Å². The van der Waals surface area contributed by atoms with Crippen LogP contribution in [0.4, 0.5) is 5.69 Å². The van der Waals surface area contributed by atoms with Gasteiger partial charge in [-0.15, -0.1) is 0 Å². The minimum Gasteiger partial charge on any atom is -0.384 e. The molecule has 0 bridgehead atoms. The Balaban J connectivity index is 1.85. The molecule has 1 aliphatic rings. The Hall–Kier alpha value is -1.14. The molecule has 0 saturated carbocycles. The minimum atomic E-state index is 0.718. The monoisotopic (exact) mass is 218 g/mol. The predicted octanol–water partition coefficient (Wildman–Crippen LogP) is 2.87. The van der Waals surface area contributed by atoms with Crippen molar-refractivity contribution in [2.75, 3.05) is 17.6 Å². The first-order valence-corrected chi connectivity index (χ1v) is 6.29. The van der Waals surface area contributed by atoms with Crippen molar-refractivity contribution in [1.29, 1.82) is 5.26 Å². The summed E-state index contributed by atoms with van der Waals surface area (Å²) in [4.78, 5) is 0. The zero-order valence-corrected chi connectivity index (χ0v) is 9.39. The van der Waals surface area contributed by atoms with Crippen LogP contribution in [0.5, 0.6) is 0 Å². The van der Waals surface area contributed by atoms with Gasteiger partial charge in [-0.25, -0.2) is 0 Å². The van der Waals surface area contributed by atoms with Crippen LogP contribution in [0.15, 0.2) is 24.3 Å².